The van der Waals surface area contributed by atoms with E-state index in [0.717, 1.165) is 16.8 Å². The molecule has 6 heteroatoms. The maximum atomic E-state index is 13.0. The molecular weight excluding hydrogens is 357 g/mol. The van der Waals surface area contributed by atoms with Gasteiger partial charge in [-0.3, -0.25) is 14.8 Å². The van der Waals surface area contributed by atoms with Gasteiger partial charge in [0.1, 0.15) is 17.6 Å². The first-order valence-corrected chi connectivity index (χ1v) is 9.20. The van der Waals surface area contributed by atoms with Crippen molar-refractivity contribution in [3.63, 3.8) is 0 Å². The van der Waals surface area contributed by atoms with E-state index in [9.17, 15) is 9.18 Å². The van der Waals surface area contributed by atoms with E-state index >= 15 is 0 Å². The zero-order chi connectivity index (χ0) is 19.3. The van der Waals surface area contributed by atoms with E-state index < -0.39 is 0 Å². The number of carbonyl (C=O) groups is 1. The van der Waals surface area contributed by atoms with E-state index in [2.05, 4.69) is 9.97 Å². The Morgan fingerprint density at radius 3 is 2.61 bits per heavy atom. The second-order valence-electron chi connectivity index (χ2n) is 6.72. The maximum Gasteiger partial charge on any atom is 0.272 e. The minimum atomic E-state index is -0.263. The minimum absolute atomic E-state index is 0.0955. The van der Waals surface area contributed by atoms with Crippen LogP contribution in [0.2, 0.25) is 0 Å². The maximum absolute atomic E-state index is 13.0. The third kappa shape index (κ3) is 4.23. The molecule has 28 heavy (non-hydrogen) atoms. The lowest BCUT2D eigenvalue weighted by molar-refractivity contribution is -0.0249. The molecule has 0 saturated carbocycles. The summed E-state index contributed by atoms with van der Waals surface area (Å²) in [4.78, 5) is 23.0. The number of halogens is 1. The molecule has 1 saturated heterocycles. The van der Waals surface area contributed by atoms with Crippen LogP contribution in [0.25, 0.3) is 0 Å². The summed E-state index contributed by atoms with van der Waals surface area (Å²) in [6, 6.07) is 15.7. The van der Waals surface area contributed by atoms with Gasteiger partial charge in [0.25, 0.3) is 5.91 Å². The van der Waals surface area contributed by atoms with E-state index in [1.54, 1.807) is 41.4 Å². The number of amides is 1. The zero-order valence-corrected chi connectivity index (χ0v) is 15.3. The fourth-order valence-electron chi connectivity index (χ4n) is 3.23. The lowest BCUT2D eigenvalue weighted by Crippen LogP contribution is -2.42. The van der Waals surface area contributed by atoms with E-state index in [1.807, 2.05) is 18.3 Å². The van der Waals surface area contributed by atoms with Crippen LogP contribution in [-0.4, -0.2) is 40.5 Å². The van der Waals surface area contributed by atoms with Gasteiger partial charge in [-0.15, -0.1) is 0 Å². The number of aromatic nitrogens is 2. The molecule has 0 N–H and O–H groups in total. The largest absolute Gasteiger partial charge is 0.368 e. The van der Waals surface area contributed by atoms with E-state index in [1.165, 1.54) is 12.1 Å². The van der Waals surface area contributed by atoms with Crippen LogP contribution in [0.15, 0.2) is 67.0 Å². The van der Waals surface area contributed by atoms with Gasteiger partial charge < -0.3 is 9.64 Å². The third-order valence-corrected chi connectivity index (χ3v) is 4.74. The molecule has 5 nitrogen and oxygen atoms in total. The summed E-state index contributed by atoms with van der Waals surface area (Å²) in [5.74, 6) is -0.335. The second kappa shape index (κ2) is 8.27. The quantitative estimate of drug-likeness (QED) is 0.699. The predicted octanol–water partition coefficient (Wildman–Crippen LogP) is 3.42. The minimum Gasteiger partial charge on any atom is -0.368 e. The van der Waals surface area contributed by atoms with E-state index in [0.29, 0.717) is 31.8 Å². The van der Waals surface area contributed by atoms with Crippen LogP contribution in [0.1, 0.15) is 33.4 Å². The number of pyridine rings is 2. The Morgan fingerprint density at radius 2 is 1.89 bits per heavy atom. The highest BCUT2D eigenvalue weighted by atomic mass is 19.1. The number of rotatable bonds is 4. The van der Waals surface area contributed by atoms with Gasteiger partial charge >= 0.3 is 0 Å². The summed E-state index contributed by atoms with van der Waals surface area (Å²) >= 11 is 0. The topological polar surface area (TPSA) is 55.3 Å². The fraction of sp³-hybridized carbons (Fsp3) is 0.227. The van der Waals surface area contributed by atoms with Crippen molar-refractivity contribution in [2.75, 3.05) is 19.7 Å². The number of nitrogens with zero attached hydrogens (tertiary/aromatic N) is 3. The fourth-order valence-corrected chi connectivity index (χ4v) is 3.23. The molecule has 1 fully saturated rings. The van der Waals surface area contributed by atoms with Crippen LogP contribution in [0.3, 0.4) is 0 Å². The zero-order valence-electron chi connectivity index (χ0n) is 15.3. The normalized spacial score (nSPS) is 16.8. The average molecular weight is 377 g/mol. The Hall–Kier alpha value is -3.12. The number of morpholine rings is 1. The van der Waals surface area contributed by atoms with Gasteiger partial charge in [0.2, 0.25) is 0 Å². The lowest BCUT2D eigenvalue weighted by atomic mass is 10.1. The number of ether oxygens (including phenoxy) is 1. The molecule has 1 aliphatic heterocycles. The number of hydrogen-bond donors (Lipinski definition) is 0. The first kappa shape index (κ1) is 18.3. The Labute approximate surface area is 162 Å². The highest BCUT2D eigenvalue weighted by molar-refractivity contribution is 5.92. The highest BCUT2D eigenvalue weighted by Gasteiger charge is 2.27. The second-order valence-corrected chi connectivity index (χ2v) is 6.72. The standard InChI is InChI=1S/C22H20FN3O2/c23-18-7-4-16(5-8-18)13-17-6-9-19(25-14-17)21-15-26(11-12-28-21)22(27)20-3-1-2-10-24-20/h1-10,14,21H,11-13,15H2/t21-/m1/s1. The summed E-state index contributed by atoms with van der Waals surface area (Å²) in [7, 11) is 0. The molecule has 2 aromatic heterocycles. The van der Waals surface area contributed by atoms with Crippen LogP contribution >= 0.6 is 0 Å². The molecular formula is C22H20FN3O2. The highest BCUT2D eigenvalue weighted by Crippen LogP contribution is 2.22. The first-order chi connectivity index (χ1) is 13.7. The monoisotopic (exact) mass is 377 g/mol. The summed E-state index contributed by atoms with van der Waals surface area (Å²) < 4.78 is 18.9. The molecule has 0 radical (unpaired) electrons. The van der Waals surface area contributed by atoms with Crippen LogP contribution in [0.5, 0.6) is 0 Å². The Balaban J connectivity index is 1.42. The number of benzene rings is 1. The summed E-state index contributed by atoms with van der Waals surface area (Å²) in [6.45, 7) is 1.44. The van der Waals surface area contributed by atoms with E-state index in [4.69, 9.17) is 4.74 Å². The first-order valence-electron chi connectivity index (χ1n) is 9.20. The van der Waals surface area contributed by atoms with Crippen molar-refractivity contribution in [3.8, 4) is 0 Å². The average Bonchev–Trinajstić information content (AvgIpc) is 2.76. The molecule has 1 aliphatic rings. The Morgan fingerprint density at radius 1 is 1.07 bits per heavy atom. The van der Waals surface area contributed by atoms with Crippen LogP contribution in [0, 0.1) is 5.82 Å². The number of hydrogen-bond acceptors (Lipinski definition) is 4. The molecule has 4 rings (SSSR count). The van der Waals surface area contributed by atoms with Crippen molar-refractivity contribution in [1.82, 2.24) is 14.9 Å². The molecule has 0 unspecified atom stereocenters. The van der Waals surface area contributed by atoms with Gasteiger partial charge in [-0.05, 0) is 47.9 Å². The third-order valence-electron chi connectivity index (χ3n) is 4.74. The summed E-state index contributed by atoms with van der Waals surface area (Å²) in [6.07, 6.45) is 3.85. The molecule has 1 amide bonds. The lowest BCUT2D eigenvalue weighted by Gasteiger charge is -2.32. The number of carbonyl (C=O) groups excluding carboxylic acids is 1. The SMILES string of the molecule is O=C(c1ccccn1)N1CCO[C@@H](c2ccc(Cc3ccc(F)cc3)cn2)C1. The van der Waals surface area contributed by atoms with Gasteiger partial charge in [0, 0.05) is 18.9 Å². The Bertz CT molecular complexity index is 930. The van der Waals surface area contributed by atoms with E-state index in [-0.39, 0.29) is 17.8 Å². The van der Waals surface area contributed by atoms with Gasteiger partial charge in [-0.1, -0.05) is 24.3 Å². The molecule has 1 atom stereocenters. The van der Waals surface area contributed by atoms with Crippen LogP contribution < -0.4 is 0 Å². The van der Waals surface area contributed by atoms with Crippen LogP contribution in [-0.2, 0) is 11.2 Å². The molecule has 0 spiro atoms. The van der Waals surface area contributed by atoms with Gasteiger partial charge in [0.05, 0.1) is 18.8 Å². The smallest absolute Gasteiger partial charge is 0.272 e. The van der Waals surface area contributed by atoms with Crippen molar-refractivity contribution < 1.29 is 13.9 Å². The molecule has 0 aliphatic carbocycles. The van der Waals surface area contributed by atoms with Crippen molar-refractivity contribution in [2.45, 2.75) is 12.5 Å². The van der Waals surface area contributed by atoms with Crippen molar-refractivity contribution in [3.05, 3.63) is 95.3 Å². The van der Waals surface area contributed by atoms with Crippen molar-refractivity contribution in [2.24, 2.45) is 0 Å². The van der Waals surface area contributed by atoms with Gasteiger partial charge in [-0.2, -0.15) is 0 Å². The molecule has 3 aromatic rings. The Kier molecular flexibility index (Phi) is 5.39. The van der Waals surface area contributed by atoms with Crippen molar-refractivity contribution in [1.29, 1.82) is 0 Å². The summed E-state index contributed by atoms with van der Waals surface area (Å²) in [5, 5.41) is 0. The van der Waals surface area contributed by atoms with Crippen molar-refractivity contribution >= 4 is 5.91 Å². The molecule has 1 aromatic carbocycles. The van der Waals surface area contributed by atoms with Gasteiger partial charge in [-0.25, -0.2) is 4.39 Å². The van der Waals surface area contributed by atoms with Crippen LogP contribution in [0.4, 0.5) is 4.39 Å². The molecule has 3 heterocycles. The van der Waals surface area contributed by atoms with Gasteiger partial charge in [0.15, 0.2) is 0 Å². The predicted molar refractivity (Wildman–Crippen MR) is 102 cm³/mol. The summed E-state index contributed by atoms with van der Waals surface area (Å²) in [5.41, 5.74) is 3.29. The molecule has 0 bridgehead atoms. The molecule has 142 valence electrons.